The van der Waals surface area contributed by atoms with E-state index in [1.165, 1.54) is 16.7 Å². The van der Waals surface area contributed by atoms with E-state index in [0.29, 0.717) is 0 Å². The summed E-state index contributed by atoms with van der Waals surface area (Å²) in [7, 11) is 6.02. The Labute approximate surface area is 138 Å². The lowest BCUT2D eigenvalue weighted by Gasteiger charge is -2.24. The Morgan fingerprint density at radius 2 is 1.52 bits per heavy atom. The first-order valence-electron chi connectivity index (χ1n) is 8.12. The number of amides is 1. The molecule has 0 radical (unpaired) electrons. The van der Waals surface area contributed by atoms with Crippen molar-refractivity contribution in [2.45, 2.75) is 25.4 Å². The molecular weight excluding hydrogens is 284 g/mol. The van der Waals surface area contributed by atoms with E-state index >= 15 is 0 Å². The molecule has 0 aliphatic heterocycles. The summed E-state index contributed by atoms with van der Waals surface area (Å²) < 4.78 is 0. The number of carbonyl (C=O) groups excluding carboxylic acids is 1. The van der Waals surface area contributed by atoms with Crippen LogP contribution in [0.15, 0.2) is 48.5 Å². The number of hydrogen-bond acceptors (Lipinski definition) is 2. The van der Waals surface area contributed by atoms with Gasteiger partial charge in [0.25, 0.3) is 5.91 Å². The first kappa shape index (κ1) is 15.8. The van der Waals surface area contributed by atoms with Crippen LogP contribution in [0.3, 0.4) is 0 Å². The Bertz CT molecular complexity index is 666. The van der Waals surface area contributed by atoms with E-state index < -0.39 is 0 Å². The van der Waals surface area contributed by atoms with Gasteiger partial charge in [-0.1, -0.05) is 36.4 Å². The normalized spacial score (nSPS) is 14.1. The second-order valence-electron chi connectivity index (χ2n) is 6.68. The van der Waals surface area contributed by atoms with Crippen molar-refractivity contribution in [3.05, 3.63) is 70.8 Å². The molecule has 1 amide bonds. The van der Waals surface area contributed by atoms with Crippen LogP contribution in [0.1, 0.15) is 27.0 Å². The van der Waals surface area contributed by atoms with E-state index in [2.05, 4.69) is 29.2 Å². The van der Waals surface area contributed by atoms with E-state index in [4.69, 9.17) is 0 Å². The van der Waals surface area contributed by atoms with Crippen LogP contribution in [-0.4, -0.2) is 42.9 Å². The second-order valence-corrected chi connectivity index (χ2v) is 6.68. The molecule has 0 N–H and O–H groups in total. The van der Waals surface area contributed by atoms with Crippen LogP contribution in [0.4, 0.5) is 0 Å². The van der Waals surface area contributed by atoms with Gasteiger partial charge in [0.2, 0.25) is 0 Å². The third-order valence-corrected chi connectivity index (χ3v) is 4.60. The van der Waals surface area contributed by atoms with E-state index in [-0.39, 0.29) is 11.9 Å². The van der Waals surface area contributed by atoms with Crippen molar-refractivity contribution in [1.29, 1.82) is 0 Å². The SMILES string of the molecule is CN(C)Cc1ccc(C(=O)N(C)C2Cc3ccccc3C2)cc1. The van der Waals surface area contributed by atoms with Crippen molar-refractivity contribution >= 4 is 5.91 Å². The Morgan fingerprint density at radius 3 is 2.04 bits per heavy atom. The van der Waals surface area contributed by atoms with E-state index in [1.807, 2.05) is 50.3 Å². The third-order valence-electron chi connectivity index (χ3n) is 4.60. The van der Waals surface area contributed by atoms with Crippen LogP contribution in [-0.2, 0) is 19.4 Å². The fourth-order valence-electron chi connectivity index (χ4n) is 3.30. The van der Waals surface area contributed by atoms with Crippen LogP contribution >= 0.6 is 0 Å². The van der Waals surface area contributed by atoms with E-state index in [1.54, 1.807) is 0 Å². The maximum atomic E-state index is 12.7. The summed E-state index contributed by atoms with van der Waals surface area (Å²) in [6, 6.07) is 16.7. The van der Waals surface area contributed by atoms with Gasteiger partial charge in [-0.2, -0.15) is 0 Å². The fraction of sp³-hybridized carbons (Fsp3) is 0.350. The van der Waals surface area contributed by atoms with Crippen molar-refractivity contribution in [3.63, 3.8) is 0 Å². The zero-order valence-corrected chi connectivity index (χ0v) is 14.1. The minimum Gasteiger partial charge on any atom is -0.338 e. The molecule has 1 aliphatic rings. The zero-order valence-electron chi connectivity index (χ0n) is 14.1. The Morgan fingerprint density at radius 1 is 0.957 bits per heavy atom. The molecule has 0 heterocycles. The topological polar surface area (TPSA) is 23.6 Å². The maximum absolute atomic E-state index is 12.7. The van der Waals surface area contributed by atoms with Gasteiger partial charge >= 0.3 is 0 Å². The Kier molecular flexibility index (Phi) is 4.49. The molecule has 120 valence electrons. The van der Waals surface area contributed by atoms with Crippen LogP contribution in [0.5, 0.6) is 0 Å². The van der Waals surface area contributed by atoms with Crippen molar-refractivity contribution < 1.29 is 4.79 Å². The minimum absolute atomic E-state index is 0.110. The number of rotatable bonds is 4. The number of fused-ring (bicyclic) bond motifs is 1. The lowest BCUT2D eigenvalue weighted by Crippen LogP contribution is -2.37. The first-order valence-corrected chi connectivity index (χ1v) is 8.12. The molecule has 2 aromatic rings. The highest BCUT2D eigenvalue weighted by Gasteiger charge is 2.27. The van der Waals surface area contributed by atoms with Crippen molar-refractivity contribution in [2.75, 3.05) is 21.1 Å². The highest BCUT2D eigenvalue weighted by molar-refractivity contribution is 5.94. The van der Waals surface area contributed by atoms with Gasteiger partial charge in [0, 0.05) is 25.2 Å². The molecule has 0 aromatic heterocycles. The molecule has 0 unspecified atom stereocenters. The average molecular weight is 308 g/mol. The van der Waals surface area contributed by atoms with Gasteiger partial charge in [-0.25, -0.2) is 0 Å². The monoisotopic (exact) mass is 308 g/mol. The zero-order chi connectivity index (χ0) is 16.4. The highest BCUT2D eigenvalue weighted by atomic mass is 16.2. The smallest absolute Gasteiger partial charge is 0.253 e. The van der Waals surface area contributed by atoms with Gasteiger partial charge in [0.1, 0.15) is 0 Å². The molecule has 0 spiro atoms. The number of benzene rings is 2. The minimum atomic E-state index is 0.110. The van der Waals surface area contributed by atoms with Crippen molar-refractivity contribution in [1.82, 2.24) is 9.80 Å². The van der Waals surface area contributed by atoms with E-state index in [0.717, 1.165) is 24.9 Å². The second kappa shape index (κ2) is 6.55. The molecule has 3 rings (SSSR count). The summed E-state index contributed by atoms with van der Waals surface area (Å²) in [5.41, 5.74) is 4.74. The summed E-state index contributed by atoms with van der Waals surface area (Å²) >= 11 is 0. The van der Waals surface area contributed by atoms with Gasteiger partial charge in [0.15, 0.2) is 0 Å². The lowest BCUT2D eigenvalue weighted by atomic mass is 10.1. The summed E-state index contributed by atoms with van der Waals surface area (Å²) in [4.78, 5) is 16.8. The molecule has 23 heavy (non-hydrogen) atoms. The fourth-order valence-corrected chi connectivity index (χ4v) is 3.30. The Hall–Kier alpha value is -2.13. The quantitative estimate of drug-likeness (QED) is 0.867. The van der Waals surface area contributed by atoms with Gasteiger partial charge in [-0.15, -0.1) is 0 Å². The molecule has 3 heteroatoms. The molecule has 0 fully saturated rings. The van der Waals surface area contributed by atoms with Gasteiger partial charge in [-0.05, 0) is 55.8 Å². The number of hydrogen-bond donors (Lipinski definition) is 0. The highest BCUT2D eigenvalue weighted by Crippen LogP contribution is 2.25. The molecule has 0 atom stereocenters. The third kappa shape index (κ3) is 3.45. The standard InChI is InChI=1S/C20H24N2O/c1-21(2)14-15-8-10-16(11-9-15)20(23)22(3)19-12-17-6-4-5-7-18(17)13-19/h4-11,19H,12-14H2,1-3H3. The molecule has 0 saturated carbocycles. The van der Waals surface area contributed by atoms with Crippen molar-refractivity contribution in [2.24, 2.45) is 0 Å². The van der Waals surface area contributed by atoms with E-state index in [9.17, 15) is 4.79 Å². The summed E-state index contributed by atoms with van der Waals surface area (Å²) in [5.74, 6) is 0.110. The van der Waals surface area contributed by atoms with Crippen molar-refractivity contribution in [3.8, 4) is 0 Å². The summed E-state index contributed by atoms with van der Waals surface area (Å²) in [6.45, 7) is 0.891. The predicted molar refractivity (Wildman–Crippen MR) is 93.6 cm³/mol. The number of carbonyl (C=O) groups is 1. The van der Waals surface area contributed by atoms with Crippen LogP contribution in [0.25, 0.3) is 0 Å². The first-order chi connectivity index (χ1) is 11.0. The van der Waals surface area contributed by atoms with Crippen LogP contribution in [0, 0.1) is 0 Å². The molecule has 2 aromatic carbocycles. The van der Waals surface area contributed by atoms with Gasteiger partial charge < -0.3 is 9.80 Å². The van der Waals surface area contributed by atoms with Gasteiger partial charge in [0.05, 0.1) is 0 Å². The molecule has 3 nitrogen and oxygen atoms in total. The number of nitrogens with zero attached hydrogens (tertiary/aromatic N) is 2. The van der Waals surface area contributed by atoms with Crippen LogP contribution in [0.2, 0.25) is 0 Å². The lowest BCUT2D eigenvalue weighted by molar-refractivity contribution is 0.0737. The molecule has 0 bridgehead atoms. The largest absolute Gasteiger partial charge is 0.338 e. The molecular formula is C20H24N2O. The average Bonchev–Trinajstić information content (AvgIpc) is 2.97. The number of likely N-dealkylation sites (N-methyl/N-ethyl adjacent to an activating group) is 1. The molecule has 1 aliphatic carbocycles. The summed E-state index contributed by atoms with van der Waals surface area (Å²) in [5, 5.41) is 0. The van der Waals surface area contributed by atoms with Crippen LogP contribution < -0.4 is 0 Å². The summed E-state index contributed by atoms with van der Waals surface area (Å²) in [6.07, 6.45) is 1.91. The molecule has 0 saturated heterocycles. The maximum Gasteiger partial charge on any atom is 0.253 e. The predicted octanol–water partition coefficient (Wildman–Crippen LogP) is 2.99. The van der Waals surface area contributed by atoms with Gasteiger partial charge in [-0.3, -0.25) is 4.79 Å². The Balaban J connectivity index is 1.68.